The van der Waals surface area contributed by atoms with Gasteiger partial charge in [0.1, 0.15) is 5.69 Å². The Morgan fingerprint density at radius 2 is 2.00 bits per heavy atom. The molecule has 3 heterocycles. The van der Waals surface area contributed by atoms with Crippen molar-refractivity contribution in [2.45, 2.75) is 44.7 Å². The van der Waals surface area contributed by atoms with Crippen LogP contribution in [0, 0.1) is 0 Å². The van der Waals surface area contributed by atoms with Crippen molar-refractivity contribution in [3.8, 4) is 10.7 Å². The van der Waals surface area contributed by atoms with E-state index in [1.807, 2.05) is 18.2 Å². The summed E-state index contributed by atoms with van der Waals surface area (Å²) in [4.78, 5) is 9.47. The Balaban J connectivity index is 1.45. The summed E-state index contributed by atoms with van der Waals surface area (Å²) in [6, 6.07) is 7.31. The largest absolute Gasteiger partial charge is 0.344 e. The molecule has 2 fully saturated rings. The Morgan fingerprint density at radius 1 is 1.13 bits per heavy atom. The third kappa shape index (κ3) is 3.10. The van der Waals surface area contributed by atoms with Gasteiger partial charge in [0, 0.05) is 37.9 Å². The van der Waals surface area contributed by atoms with Gasteiger partial charge in [-0.1, -0.05) is 30.2 Å². The molecule has 2 aromatic heterocycles. The molecule has 0 spiro atoms. The van der Waals surface area contributed by atoms with Crippen molar-refractivity contribution in [3.05, 3.63) is 24.4 Å². The van der Waals surface area contributed by atoms with E-state index in [4.69, 9.17) is 0 Å². The maximum atomic E-state index is 4.41. The molecule has 1 atom stereocenters. The van der Waals surface area contributed by atoms with Gasteiger partial charge in [-0.3, -0.25) is 9.88 Å². The lowest BCUT2D eigenvalue weighted by Gasteiger charge is -2.42. The van der Waals surface area contributed by atoms with Gasteiger partial charge in [-0.2, -0.15) is 0 Å². The van der Waals surface area contributed by atoms with Crippen LogP contribution in [0.2, 0.25) is 0 Å². The monoisotopic (exact) mass is 329 g/mol. The Hall–Kier alpha value is -1.53. The second-order valence-corrected chi connectivity index (χ2v) is 7.53. The fourth-order valence-electron chi connectivity index (χ4n) is 3.86. The zero-order valence-corrected chi connectivity index (χ0v) is 14.4. The van der Waals surface area contributed by atoms with Crippen LogP contribution in [0.4, 0.5) is 5.13 Å². The van der Waals surface area contributed by atoms with E-state index in [0.29, 0.717) is 6.04 Å². The Kier molecular flexibility index (Phi) is 4.27. The summed E-state index contributed by atoms with van der Waals surface area (Å²) in [5.41, 5.74) is 0.911. The molecule has 2 aromatic rings. The first-order chi connectivity index (χ1) is 11.3. The van der Waals surface area contributed by atoms with Gasteiger partial charge in [0.2, 0.25) is 5.13 Å². The minimum absolute atomic E-state index is 0.592. The maximum Gasteiger partial charge on any atom is 0.208 e. The molecule has 0 radical (unpaired) electrons. The second kappa shape index (κ2) is 6.53. The maximum absolute atomic E-state index is 4.41. The third-order valence-electron chi connectivity index (χ3n) is 5.04. The smallest absolute Gasteiger partial charge is 0.208 e. The predicted octanol–water partition coefficient (Wildman–Crippen LogP) is 3.05. The number of nitrogens with zero attached hydrogens (tertiary/aromatic N) is 5. The molecule has 1 aliphatic heterocycles. The van der Waals surface area contributed by atoms with Crippen LogP contribution < -0.4 is 4.90 Å². The summed E-state index contributed by atoms with van der Waals surface area (Å²) in [6.07, 6.45) is 7.38. The highest BCUT2D eigenvalue weighted by Crippen LogP contribution is 2.31. The van der Waals surface area contributed by atoms with E-state index < -0.39 is 0 Å². The fraction of sp³-hybridized carbons (Fsp3) is 0.588. The molecule has 0 N–H and O–H groups in total. The lowest BCUT2D eigenvalue weighted by Crippen LogP contribution is -2.55. The average Bonchev–Trinajstić information content (AvgIpc) is 3.27. The Morgan fingerprint density at radius 3 is 2.74 bits per heavy atom. The van der Waals surface area contributed by atoms with Crippen LogP contribution in [0.3, 0.4) is 0 Å². The normalized spacial score (nSPS) is 23.5. The van der Waals surface area contributed by atoms with Crippen LogP contribution in [0.25, 0.3) is 10.7 Å². The lowest BCUT2D eigenvalue weighted by atomic mass is 10.1. The molecule has 122 valence electrons. The van der Waals surface area contributed by atoms with Gasteiger partial charge in [-0.15, -0.1) is 10.2 Å². The first kappa shape index (κ1) is 15.0. The molecule has 1 aliphatic carbocycles. The van der Waals surface area contributed by atoms with Gasteiger partial charge in [-0.25, -0.2) is 0 Å². The number of pyridine rings is 1. The van der Waals surface area contributed by atoms with Gasteiger partial charge in [0.15, 0.2) is 5.01 Å². The zero-order valence-electron chi connectivity index (χ0n) is 13.6. The molecule has 23 heavy (non-hydrogen) atoms. The average molecular weight is 329 g/mol. The van der Waals surface area contributed by atoms with Crippen LogP contribution in [0.1, 0.15) is 32.6 Å². The van der Waals surface area contributed by atoms with Crippen molar-refractivity contribution in [2.75, 3.05) is 24.5 Å². The van der Waals surface area contributed by atoms with E-state index in [0.717, 1.165) is 41.5 Å². The van der Waals surface area contributed by atoms with Gasteiger partial charge in [0.25, 0.3) is 0 Å². The molecule has 1 saturated heterocycles. The molecule has 2 aliphatic rings. The summed E-state index contributed by atoms with van der Waals surface area (Å²) in [5, 5.41) is 10.7. The minimum atomic E-state index is 0.592. The molecule has 0 amide bonds. The van der Waals surface area contributed by atoms with Crippen LogP contribution in [0.15, 0.2) is 24.4 Å². The van der Waals surface area contributed by atoms with Gasteiger partial charge in [0.05, 0.1) is 0 Å². The molecule has 1 unspecified atom stereocenters. The van der Waals surface area contributed by atoms with Gasteiger partial charge in [-0.05, 0) is 31.9 Å². The van der Waals surface area contributed by atoms with Gasteiger partial charge >= 0.3 is 0 Å². The van der Waals surface area contributed by atoms with Crippen LogP contribution >= 0.6 is 11.3 Å². The van der Waals surface area contributed by atoms with Gasteiger partial charge < -0.3 is 4.90 Å². The molecule has 0 bridgehead atoms. The molecule has 4 rings (SSSR count). The number of piperazine rings is 1. The van der Waals surface area contributed by atoms with Crippen molar-refractivity contribution in [1.82, 2.24) is 20.1 Å². The second-order valence-electron chi connectivity index (χ2n) is 6.58. The summed E-state index contributed by atoms with van der Waals surface area (Å²) < 4.78 is 0. The lowest BCUT2D eigenvalue weighted by molar-refractivity contribution is 0.131. The highest BCUT2D eigenvalue weighted by atomic mass is 32.1. The first-order valence-electron chi connectivity index (χ1n) is 8.57. The summed E-state index contributed by atoms with van der Waals surface area (Å²) >= 11 is 1.65. The number of anilines is 1. The number of hydrogen-bond donors (Lipinski definition) is 0. The third-order valence-corrected chi connectivity index (χ3v) is 6.05. The number of aromatic nitrogens is 3. The van der Waals surface area contributed by atoms with Crippen molar-refractivity contribution < 1.29 is 0 Å². The van der Waals surface area contributed by atoms with E-state index in [9.17, 15) is 0 Å². The van der Waals surface area contributed by atoms with Crippen LogP contribution in [-0.4, -0.2) is 51.8 Å². The molecular formula is C17H23N5S. The minimum Gasteiger partial charge on any atom is -0.344 e. The van der Waals surface area contributed by atoms with E-state index >= 15 is 0 Å². The van der Waals surface area contributed by atoms with Crippen molar-refractivity contribution in [2.24, 2.45) is 0 Å². The zero-order chi connectivity index (χ0) is 15.6. The molecule has 0 aromatic carbocycles. The predicted molar refractivity (Wildman–Crippen MR) is 93.8 cm³/mol. The van der Waals surface area contributed by atoms with E-state index in [1.165, 1.54) is 25.7 Å². The molecular weight excluding hydrogens is 306 g/mol. The van der Waals surface area contributed by atoms with Crippen molar-refractivity contribution >= 4 is 16.5 Å². The molecule has 1 saturated carbocycles. The Labute approximate surface area is 141 Å². The molecule has 5 nitrogen and oxygen atoms in total. The van der Waals surface area contributed by atoms with E-state index in [-0.39, 0.29) is 0 Å². The number of hydrogen-bond acceptors (Lipinski definition) is 6. The quantitative estimate of drug-likeness (QED) is 0.866. The van der Waals surface area contributed by atoms with Crippen molar-refractivity contribution in [3.63, 3.8) is 0 Å². The van der Waals surface area contributed by atoms with E-state index in [2.05, 4.69) is 31.9 Å². The summed E-state index contributed by atoms with van der Waals surface area (Å²) in [6.45, 7) is 5.60. The number of rotatable bonds is 3. The summed E-state index contributed by atoms with van der Waals surface area (Å²) in [7, 11) is 0. The topological polar surface area (TPSA) is 45.2 Å². The van der Waals surface area contributed by atoms with Crippen molar-refractivity contribution in [1.29, 1.82) is 0 Å². The van der Waals surface area contributed by atoms with E-state index in [1.54, 1.807) is 17.5 Å². The fourth-order valence-corrected chi connectivity index (χ4v) is 4.72. The van der Waals surface area contributed by atoms with Crippen LogP contribution in [-0.2, 0) is 0 Å². The Bertz CT molecular complexity index is 637. The molecule has 6 heteroatoms. The van der Waals surface area contributed by atoms with Crippen LogP contribution in [0.5, 0.6) is 0 Å². The summed E-state index contributed by atoms with van der Waals surface area (Å²) in [5.74, 6) is 0. The SMILES string of the molecule is CC1CN(c2nnc(-c3ccccn3)s2)CCN1C1CCCC1. The highest BCUT2D eigenvalue weighted by molar-refractivity contribution is 7.18. The standard InChI is InChI=1S/C17H23N5S/c1-13-12-21(10-11-22(13)14-6-2-3-7-14)17-20-19-16(23-17)15-8-4-5-9-18-15/h4-5,8-9,13-14H,2-3,6-7,10-12H2,1H3. The highest BCUT2D eigenvalue weighted by Gasteiger charge is 2.32. The first-order valence-corrected chi connectivity index (χ1v) is 9.38.